The van der Waals surface area contributed by atoms with Gasteiger partial charge in [-0.15, -0.1) is 0 Å². The first kappa shape index (κ1) is 33.1. The SMILES string of the molecule is CC(C)N(C(=O)NCc1ccc(F)cc1)N1CC(=O)N2C1CN(Cc1cccc3ccccc13)C(=O)[C@@H]2Cc1ccc(NS(=O)[O-])cc1. The van der Waals surface area contributed by atoms with E-state index in [-0.39, 0.29) is 49.7 Å². The van der Waals surface area contributed by atoms with Crippen LogP contribution in [0.2, 0.25) is 0 Å². The number of piperazine rings is 1. The van der Waals surface area contributed by atoms with Crippen molar-refractivity contribution in [3.63, 3.8) is 0 Å². The number of nitrogens with zero attached hydrogens (tertiary/aromatic N) is 4. The Morgan fingerprint density at radius 1 is 0.979 bits per heavy atom. The van der Waals surface area contributed by atoms with E-state index < -0.39 is 29.5 Å². The number of carbonyl (C=O) groups is 3. The van der Waals surface area contributed by atoms with E-state index in [0.717, 1.165) is 27.5 Å². The van der Waals surface area contributed by atoms with Crippen LogP contribution in [0.15, 0.2) is 91.0 Å². The maximum absolute atomic E-state index is 14.3. The molecule has 2 aliphatic rings. The number of halogens is 1. The zero-order valence-electron chi connectivity index (χ0n) is 26.5. The Morgan fingerprint density at radius 3 is 2.38 bits per heavy atom. The molecule has 0 bridgehead atoms. The Labute approximate surface area is 280 Å². The maximum atomic E-state index is 14.3. The highest BCUT2D eigenvalue weighted by Gasteiger charge is 2.52. The van der Waals surface area contributed by atoms with Gasteiger partial charge in [-0.3, -0.25) is 18.8 Å². The minimum Gasteiger partial charge on any atom is -0.755 e. The number of hydrazine groups is 1. The molecule has 4 aromatic rings. The van der Waals surface area contributed by atoms with Crippen LogP contribution in [0.1, 0.15) is 30.5 Å². The molecule has 48 heavy (non-hydrogen) atoms. The number of benzene rings is 4. The summed E-state index contributed by atoms with van der Waals surface area (Å²) in [5.74, 6) is -0.861. The molecular weight excluding hydrogens is 635 g/mol. The van der Waals surface area contributed by atoms with Crippen molar-refractivity contribution in [2.24, 2.45) is 0 Å². The standard InChI is InChI=1S/C35H37FN6O5S/c1-23(2)42(35(45)37-19-25-10-14-28(36)15-11-25)40-22-33(43)41-31(18-24-12-16-29(17-13-24)38-48(46)47)34(44)39(21-32(40)41)20-27-8-5-7-26-6-3-4-9-30(26)27/h3-17,23,31-32,38H,18-22H2,1-2H3,(H,37,45)(H,46,47)/p-1/t31-,32?/m0/s1. The lowest BCUT2D eigenvalue weighted by atomic mass is 9.99. The molecule has 4 aromatic carbocycles. The first-order valence-electron chi connectivity index (χ1n) is 15.7. The van der Waals surface area contributed by atoms with Crippen molar-refractivity contribution >= 4 is 45.6 Å². The third-order valence-electron chi connectivity index (χ3n) is 8.72. The quantitative estimate of drug-likeness (QED) is 0.244. The summed E-state index contributed by atoms with van der Waals surface area (Å²) in [5.41, 5.74) is 2.80. The third kappa shape index (κ3) is 7.03. The number of hydrogen-bond acceptors (Lipinski definition) is 6. The van der Waals surface area contributed by atoms with Gasteiger partial charge in [-0.25, -0.2) is 9.18 Å². The normalized spacial score (nSPS) is 18.7. The number of rotatable bonds is 10. The van der Waals surface area contributed by atoms with E-state index in [4.69, 9.17) is 0 Å². The minimum absolute atomic E-state index is 0.100. The van der Waals surface area contributed by atoms with Gasteiger partial charge in [-0.05, 0) is 65.6 Å². The fourth-order valence-electron chi connectivity index (χ4n) is 6.54. The highest BCUT2D eigenvalue weighted by molar-refractivity contribution is 7.80. The molecule has 0 aliphatic carbocycles. The zero-order valence-corrected chi connectivity index (χ0v) is 27.4. The average Bonchev–Trinajstić information content (AvgIpc) is 3.38. The molecule has 6 rings (SSSR count). The van der Waals surface area contributed by atoms with Gasteiger partial charge in [-0.2, -0.15) is 5.01 Å². The van der Waals surface area contributed by atoms with Crippen molar-refractivity contribution in [3.05, 3.63) is 114 Å². The van der Waals surface area contributed by atoms with Crippen LogP contribution in [0, 0.1) is 5.82 Å². The minimum atomic E-state index is -2.48. The van der Waals surface area contributed by atoms with Gasteiger partial charge in [-0.1, -0.05) is 66.7 Å². The first-order chi connectivity index (χ1) is 23.1. The molecule has 250 valence electrons. The largest absolute Gasteiger partial charge is 0.755 e. The van der Waals surface area contributed by atoms with Crippen molar-refractivity contribution in [2.45, 2.75) is 51.6 Å². The maximum Gasteiger partial charge on any atom is 0.332 e. The fraction of sp³-hybridized carbons (Fsp3) is 0.286. The fourth-order valence-corrected chi connectivity index (χ4v) is 6.87. The van der Waals surface area contributed by atoms with Gasteiger partial charge in [0, 0.05) is 42.5 Å². The Balaban J connectivity index is 1.31. The molecule has 2 heterocycles. The average molecular weight is 672 g/mol. The monoisotopic (exact) mass is 671 g/mol. The molecule has 3 atom stereocenters. The summed E-state index contributed by atoms with van der Waals surface area (Å²) < 4.78 is 37.9. The Hall–Kier alpha value is -4.85. The predicted molar refractivity (Wildman–Crippen MR) is 179 cm³/mol. The molecule has 0 spiro atoms. The summed E-state index contributed by atoms with van der Waals surface area (Å²) in [4.78, 5) is 45.1. The summed E-state index contributed by atoms with van der Waals surface area (Å²) >= 11 is -2.48. The summed E-state index contributed by atoms with van der Waals surface area (Å²) in [5, 5.41) is 8.23. The molecule has 0 aromatic heterocycles. The second kappa shape index (κ2) is 14.1. The number of hydrogen-bond donors (Lipinski definition) is 2. The Kier molecular flexibility index (Phi) is 9.71. The number of amides is 4. The number of carbonyl (C=O) groups excluding carboxylic acids is 3. The van der Waals surface area contributed by atoms with E-state index in [1.165, 1.54) is 17.1 Å². The van der Waals surface area contributed by atoms with Gasteiger partial charge in [0.2, 0.25) is 11.8 Å². The molecule has 13 heteroatoms. The second-order valence-electron chi connectivity index (χ2n) is 12.2. The van der Waals surface area contributed by atoms with Crippen molar-refractivity contribution < 1.29 is 27.5 Å². The number of fused-ring (bicyclic) bond motifs is 2. The van der Waals surface area contributed by atoms with Crippen molar-refractivity contribution in [1.29, 1.82) is 0 Å². The lowest BCUT2D eigenvalue weighted by molar-refractivity contribution is -0.158. The van der Waals surface area contributed by atoms with Gasteiger partial charge in [0.15, 0.2) is 0 Å². The van der Waals surface area contributed by atoms with Crippen molar-refractivity contribution in [1.82, 2.24) is 25.1 Å². The molecule has 2 N–H and O–H groups in total. The lowest BCUT2D eigenvalue weighted by Crippen LogP contribution is -2.66. The number of urea groups is 1. The summed E-state index contributed by atoms with van der Waals surface area (Å²) in [6, 6.07) is 24.8. The topological polar surface area (TPSA) is 128 Å². The highest BCUT2D eigenvalue weighted by Crippen LogP contribution is 2.32. The van der Waals surface area contributed by atoms with Crippen LogP contribution in [0.25, 0.3) is 10.8 Å². The molecule has 2 unspecified atom stereocenters. The van der Waals surface area contributed by atoms with E-state index in [1.54, 1.807) is 51.2 Å². The van der Waals surface area contributed by atoms with E-state index >= 15 is 0 Å². The van der Waals surface area contributed by atoms with Crippen LogP contribution < -0.4 is 10.0 Å². The van der Waals surface area contributed by atoms with Crippen LogP contribution in [0.5, 0.6) is 0 Å². The van der Waals surface area contributed by atoms with E-state index in [1.807, 2.05) is 56.3 Å². The van der Waals surface area contributed by atoms with Gasteiger partial charge < -0.3 is 24.4 Å². The summed E-state index contributed by atoms with van der Waals surface area (Å²) in [6.07, 6.45) is -0.432. The molecule has 2 saturated heterocycles. The lowest BCUT2D eigenvalue weighted by Gasteiger charge is -2.47. The molecule has 2 aliphatic heterocycles. The van der Waals surface area contributed by atoms with Gasteiger partial charge in [0.1, 0.15) is 18.0 Å². The smallest absolute Gasteiger partial charge is 0.332 e. The van der Waals surface area contributed by atoms with Crippen molar-refractivity contribution in [2.75, 3.05) is 17.8 Å². The van der Waals surface area contributed by atoms with Crippen LogP contribution >= 0.6 is 0 Å². The summed E-state index contributed by atoms with van der Waals surface area (Å²) in [7, 11) is 0. The molecule has 11 nitrogen and oxygen atoms in total. The van der Waals surface area contributed by atoms with Crippen LogP contribution in [-0.2, 0) is 40.4 Å². The van der Waals surface area contributed by atoms with Crippen LogP contribution in [0.4, 0.5) is 14.9 Å². The number of anilines is 1. The van der Waals surface area contributed by atoms with E-state index in [9.17, 15) is 27.5 Å². The van der Waals surface area contributed by atoms with Gasteiger partial charge >= 0.3 is 6.03 Å². The Morgan fingerprint density at radius 2 is 1.67 bits per heavy atom. The van der Waals surface area contributed by atoms with Gasteiger partial charge in [0.25, 0.3) is 0 Å². The summed E-state index contributed by atoms with van der Waals surface area (Å²) in [6.45, 7) is 4.26. The molecule has 0 radical (unpaired) electrons. The molecule has 0 saturated carbocycles. The molecular formula is C35H36FN6O5S-. The van der Waals surface area contributed by atoms with Gasteiger partial charge in [0.05, 0.1) is 13.1 Å². The van der Waals surface area contributed by atoms with E-state index in [2.05, 4.69) is 10.0 Å². The third-order valence-corrected chi connectivity index (χ3v) is 9.13. The second-order valence-corrected chi connectivity index (χ2v) is 12.9. The van der Waals surface area contributed by atoms with E-state index in [0.29, 0.717) is 12.2 Å². The zero-order chi connectivity index (χ0) is 33.9. The Bertz CT molecular complexity index is 1830. The predicted octanol–water partition coefficient (Wildman–Crippen LogP) is 4.14. The molecule has 2 fully saturated rings. The van der Waals surface area contributed by atoms with Crippen molar-refractivity contribution in [3.8, 4) is 0 Å². The number of nitrogens with one attached hydrogen (secondary N) is 2. The highest BCUT2D eigenvalue weighted by atomic mass is 32.2. The first-order valence-corrected chi connectivity index (χ1v) is 16.8. The van der Waals surface area contributed by atoms with Crippen LogP contribution in [0.3, 0.4) is 0 Å². The molecule has 4 amide bonds. The van der Waals surface area contributed by atoms with Crippen LogP contribution in [-0.4, -0.2) is 77.8 Å².